The van der Waals surface area contributed by atoms with Gasteiger partial charge in [0, 0.05) is 0 Å². The number of nitrogens with zero attached hydrogens (tertiary/aromatic N) is 3. The summed E-state index contributed by atoms with van der Waals surface area (Å²) in [7, 11) is 0. The lowest BCUT2D eigenvalue weighted by atomic mass is 10.1. The topological polar surface area (TPSA) is 104 Å². The van der Waals surface area contributed by atoms with Crippen molar-refractivity contribution in [3.05, 3.63) is 21.9 Å². The first-order valence-corrected chi connectivity index (χ1v) is 5.47. The first kappa shape index (κ1) is 13.1. The summed E-state index contributed by atoms with van der Waals surface area (Å²) in [6, 6.07) is 0. The highest BCUT2D eigenvalue weighted by Gasteiger charge is 2.24. The molecule has 2 N–H and O–H groups in total. The second-order valence-corrected chi connectivity index (χ2v) is 4.05. The summed E-state index contributed by atoms with van der Waals surface area (Å²) in [5.41, 5.74) is 4.91. The molecule has 1 atom stereocenters. The molecule has 1 amide bonds. The van der Waals surface area contributed by atoms with E-state index in [2.05, 4.69) is 18.9 Å². The van der Waals surface area contributed by atoms with E-state index in [1.165, 1.54) is 10.9 Å². The van der Waals surface area contributed by atoms with Gasteiger partial charge >= 0.3 is 5.82 Å². The van der Waals surface area contributed by atoms with Gasteiger partial charge in [0.2, 0.25) is 0 Å². The smallest absolute Gasteiger partial charge is 0.365 e. The standard InChI is InChI=1S/C10H16N4O3/c1-3-7(2)4-5-13-6-8(9(11)15)10(12-13)14(16)17/h6-7H,3-5H2,1-2H3,(H2,11,15). The predicted octanol–water partition coefficient (Wildman–Crippen LogP) is 1.33. The number of hydrogen-bond acceptors (Lipinski definition) is 4. The van der Waals surface area contributed by atoms with Crippen molar-refractivity contribution in [2.45, 2.75) is 33.2 Å². The second-order valence-electron chi connectivity index (χ2n) is 4.05. The molecule has 0 aromatic carbocycles. The van der Waals surface area contributed by atoms with Crippen LogP contribution in [-0.4, -0.2) is 20.6 Å². The monoisotopic (exact) mass is 240 g/mol. The van der Waals surface area contributed by atoms with E-state index in [-0.39, 0.29) is 5.56 Å². The molecule has 7 nitrogen and oxygen atoms in total. The molecule has 0 saturated heterocycles. The van der Waals surface area contributed by atoms with Crippen LogP contribution in [0.5, 0.6) is 0 Å². The fourth-order valence-electron chi connectivity index (χ4n) is 1.39. The molecule has 1 unspecified atom stereocenters. The highest BCUT2D eigenvalue weighted by molar-refractivity contribution is 5.95. The molecule has 1 aromatic heterocycles. The van der Waals surface area contributed by atoms with Crippen LogP contribution in [0.2, 0.25) is 0 Å². The SMILES string of the molecule is CCC(C)CCn1cc(C(N)=O)c([N+](=O)[O-])n1. The summed E-state index contributed by atoms with van der Waals surface area (Å²) in [4.78, 5) is 21.0. The molecule has 0 spiro atoms. The Balaban J connectivity index is 2.85. The zero-order valence-electron chi connectivity index (χ0n) is 9.92. The molecule has 0 radical (unpaired) electrons. The van der Waals surface area contributed by atoms with E-state index in [1.807, 2.05) is 0 Å². The Morgan fingerprint density at radius 3 is 2.76 bits per heavy atom. The van der Waals surface area contributed by atoms with E-state index in [0.29, 0.717) is 12.5 Å². The first-order chi connectivity index (χ1) is 7.95. The third-order valence-electron chi connectivity index (χ3n) is 2.73. The molecule has 0 aliphatic heterocycles. The van der Waals surface area contributed by atoms with Crippen LogP contribution in [0.3, 0.4) is 0 Å². The highest BCUT2D eigenvalue weighted by atomic mass is 16.6. The number of nitrogens with two attached hydrogens (primary N) is 1. The normalized spacial score (nSPS) is 12.4. The van der Waals surface area contributed by atoms with Crippen LogP contribution in [0.25, 0.3) is 0 Å². The fourth-order valence-corrected chi connectivity index (χ4v) is 1.39. The average molecular weight is 240 g/mol. The van der Waals surface area contributed by atoms with Crippen LogP contribution >= 0.6 is 0 Å². The van der Waals surface area contributed by atoms with Crippen molar-refractivity contribution in [2.75, 3.05) is 0 Å². The van der Waals surface area contributed by atoms with E-state index >= 15 is 0 Å². The molecule has 0 fully saturated rings. The number of nitro groups is 1. The molecule has 0 bridgehead atoms. The van der Waals surface area contributed by atoms with Crippen molar-refractivity contribution in [1.29, 1.82) is 0 Å². The van der Waals surface area contributed by atoms with Crippen molar-refractivity contribution >= 4 is 11.7 Å². The number of carbonyl (C=O) groups excluding carboxylic acids is 1. The zero-order chi connectivity index (χ0) is 13.0. The predicted molar refractivity (Wildman–Crippen MR) is 61.5 cm³/mol. The van der Waals surface area contributed by atoms with Gasteiger partial charge in [0.25, 0.3) is 5.91 Å². The lowest BCUT2D eigenvalue weighted by molar-refractivity contribution is -0.390. The van der Waals surface area contributed by atoms with Gasteiger partial charge in [0.15, 0.2) is 5.56 Å². The highest BCUT2D eigenvalue weighted by Crippen LogP contribution is 2.16. The van der Waals surface area contributed by atoms with Crippen LogP contribution in [0.15, 0.2) is 6.20 Å². The van der Waals surface area contributed by atoms with E-state index in [4.69, 9.17) is 5.73 Å². The molecule has 7 heteroatoms. The van der Waals surface area contributed by atoms with Crippen LogP contribution in [0, 0.1) is 16.0 Å². The Morgan fingerprint density at radius 1 is 1.71 bits per heavy atom. The number of hydrogen-bond donors (Lipinski definition) is 1. The van der Waals surface area contributed by atoms with Crippen LogP contribution in [0.4, 0.5) is 5.82 Å². The van der Waals surface area contributed by atoms with Gasteiger partial charge in [-0.25, -0.2) is 0 Å². The second kappa shape index (κ2) is 5.42. The van der Waals surface area contributed by atoms with Gasteiger partial charge < -0.3 is 15.8 Å². The summed E-state index contributed by atoms with van der Waals surface area (Å²) in [5, 5.41) is 14.4. The molecular weight excluding hydrogens is 224 g/mol. The van der Waals surface area contributed by atoms with Gasteiger partial charge in [-0.1, -0.05) is 20.3 Å². The van der Waals surface area contributed by atoms with Crippen molar-refractivity contribution in [2.24, 2.45) is 11.7 Å². The minimum absolute atomic E-state index is 0.140. The van der Waals surface area contributed by atoms with E-state index in [9.17, 15) is 14.9 Å². The van der Waals surface area contributed by atoms with Gasteiger partial charge in [0.05, 0.1) is 17.8 Å². The van der Waals surface area contributed by atoms with Crippen LogP contribution < -0.4 is 5.73 Å². The summed E-state index contributed by atoms with van der Waals surface area (Å²) >= 11 is 0. The van der Waals surface area contributed by atoms with Crippen LogP contribution in [0.1, 0.15) is 37.0 Å². The van der Waals surface area contributed by atoms with E-state index in [0.717, 1.165) is 12.8 Å². The van der Waals surface area contributed by atoms with Crippen molar-refractivity contribution in [3.63, 3.8) is 0 Å². The minimum Gasteiger partial charge on any atom is -0.365 e. The molecule has 17 heavy (non-hydrogen) atoms. The van der Waals surface area contributed by atoms with E-state index < -0.39 is 16.6 Å². The molecule has 1 aromatic rings. The number of aromatic nitrogens is 2. The molecular formula is C10H16N4O3. The van der Waals surface area contributed by atoms with Crippen molar-refractivity contribution < 1.29 is 9.72 Å². The summed E-state index contributed by atoms with van der Waals surface area (Å²) < 4.78 is 1.41. The summed E-state index contributed by atoms with van der Waals surface area (Å²) in [6.07, 6.45) is 3.22. The van der Waals surface area contributed by atoms with Crippen molar-refractivity contribution in [1.82, 2.24) is 9.78 Å². The number of primary amides is 1. The number of aryl methyl sites for hydroxylation is 1. The van der Waals surface area contributed by atoms with Gasteiger partial charge in [-0.3, -0.25) is 4.79 Å². The maximum absolute atomic E-state index is 11.0. The number of amides is 1. The van der Waals surface area contributed by atoms with Crippen LogP contribution in [-0.2, 0) is 6.54 Å². The lowest BCUT2D eigenvalue weighted by Crippen LogP contribution is -2.11. The lowest BCUT2D eigenvalue weighted by Gasteiger charge is -2.05. The molecule has 94 valence electrons. The third kappa shape index (κ3) is 3.27. The molecule has 0 aliphatic carbocycles. The number of carbonyl (C=O) groups is 1. The average Bonchev–Trinajstić information content (AvgIpc) is 2.70. The van der Waals surface area contributed by atoms with Gasteiger partial charge in [0.1, 0.15) is 0 Å². The Morgan fingerprint density at radius 2 is 2.35 bits per heavy atom. The Labute approximate surface area is 98.7 Å². The van der Waals surface area contributed by atoms with Gasteiger partial charge in [-0.05, 0) is 17.3 Å². The maximum Gasteiger partial charge on any atom is 0.402 e. The molecule has 0 aliphatic rings. The summed E-state index contributed by atoms with van der Waals surface area (Å²) in [5.74, 6) is -0.788. The summed E-state index contributed by atoms with van der Waals surface area (Å²) in [6.45, 7) is 4.71. The quantitative estimate of drug-likeness (QED) is 0.598. The number of rotatable bonds is 6. The molecule has 1 rings (SSSR count). The Hall–Kier alpha value is -1.92. The third-order valence-corrected chi connectivity index (χ3v) is 2.73. The van der Waals surface area contributed by atoms with E-state index in [1.54, 1.807) is 0 Å². The molecule has 1 heterocycles. The Bertz CT molecular complexity index is 396. The Kier molecular flexibility index (Phi) is 4.19. The maximum atomic E-state index is 11.0. The van der Waals surface area contributed by atoms with Gasteiger partial charge in [-0.15, -0.1) is 0 Å². The minimum atomic E-state index is -0.827. The first-order valence-electron chi connectivity index (χ1n) is 5.47. The largest absolute Gasteiger partial charge is 0.402 e. The zero-order valence-corrected chi connectivity index (χ0v) is 9.92. The van der Waals surface area contributed by atoms with Crippen molar-refractivity contribution in [3.8, 4) is 0 Å². The van der Waals surface area contributed by atoms with Gasteiger partial charge in [-0.2, -0.15) is 4.68 Å². The fraction of sp³-hybridized carbons (Fsp3) is 0.600. The molecule has 0 saturated carbocycles.